The molecule has 41 heavy (non-hydrogen) atoms. The van der Waals surface area contributed by atoms with E-state index in [0.717, 1.165) is 5.56 Å². The summed E-state index contributed by atoms with van der Waals surface area (Å²) in [5.74, 6) is -5.84. The van der Waals surface area contributed by atoms with Crippen molar-refractivity contribution >= 4 is 35.6 Å². The molecule has 13 heteroatoms. The Kier molecular flexibility index (Phi) is 12.9. The van der Waals surface area contributed by atoms with Gasteiger partial charge < -0.3 is 37.6 Å². The number of hydrogen-bond acceptors (Lipinski definition) is 7. The number of carbonyl (C=O) groups is 6. The highest BCUT2D eigenvalue weighted by molar-refractivity contribution is 5.94. The van der Waals surface area contributed by atoms with Gasteiger partial charge in [-0.2, -0.15) is 0 Å². The van der Waals surface area contributed by atoms with Gasteiger partial charge in [-0.15, -0.1) is 0 Å². The van der Waals surface area contributed by atoms with Gasteiger partial charge in [-0.05, 0) is 30.4 Å². The number of aliphatic carboxylic acids is 2. The van der Waals surface area contributed by atoms with E-state index in [1.165, 1.54) is 0 Å². The van der Waals surface area contributed by atoms with Crippen LogP contribution in [0.15, 0.2) is 60.7 Å². The summed E-state index contributed by atoms with van der Waals surface area (Å²) in [5.41, 5.74) is 12.6. The maximum absolute atomic E-state index is 13.2. The highest BCUT2D eigenvalue weighted by atomic mass is 16.4. The molecule has 0 saturated carbocycles. The monoisotopic (exact) mass is 569 g/mol. The summed E-state index contributed by atoms with van der Waals surface area (Å²) in [6, 6.07) is 12.2. The molecule has 0 aliphatic rings. The van der Waals surface area contributed by atoms with Crippen LogP contribution in [-0.2, 0) is 41.6 Å². The maximum Gasteiger partial charge on any atom is 0.326 e. The predicted octanol–water partition coefficient (Wildman–Crippen LogP) is -0.532. The zero-order valence-corrected chi connectivity index (χ0v) is 22.3. The van der Waals surface area contributed by atoms with E-state index in [4.69, 9.17) is 16.6 Å². The molecule has 4 amide bonds. The number of benzene rings is 2. The first-order chi connectivity index (χ1) is 19.5. The van der Waals surface area contributed by atoms with Crippen LogP contribution in [0.2, 0.25) is 0 Å². The first-order valence-electron chi connectivity index (χ1n) is 12.9. The van der Waals surface area contributed by atoms with Crippen LogP contribution in [0.1, 0.15) is 36.8 Å². The van der Waals surface area contributed by atoms with E-state index in [1.54, 1.807) is 60.7 Å². The third-order valence-electron chi connectivity index (χ3n) is 6.12. The zero-order chi connectivity index (χ0) is 30.4. The number of nitrogens with one attached hydrogen (secondary N) is 3. The van der Waals surface area contributed by atoms with E-state index in [1.807, 2.05) is 0 Å². The third kappa shape index (κ3) is 11.9. The molecule has 2 aromatic carbocycles. The molecule has 0 radical (unpaired) electrons. The van der Waals surface area contributed by atoms with Crippen molar-refractivity contribution in [1.82, 2.24) is 16.0 Å². The van der Waals surface area contributed by atoms with Crippen molar-refractivity contribution in [2.45, 2.75) is 62.7 Å². The molecule has 2 rings (SSSR count). The molecule has 0 aliphatic carbocycles. The Morgan fingerprint density at radius 3 is 1.54 bits per heavy atom. The SMILES string of the molecule is NC(=O)CCC(NC(=O)C(N)Cc1ccccc1)C(=O)NC(CCC(=O)O)C(=O)NC(Cc1ccccc1)C(=O)O. The largest absolute Gasteiger partial charge is 0.481 e. The Hall–Kier alpha value is -4.78. The van der Waals surface area contributed by atoms with E-state index in [9.17, 15) is 33.9 Å². The minimum atomic E-state index is -1.46. The molecular weight excluding hydrogens is 534 g/mol. The topological polar surface area (TPSA) is 231 Å². The van der Waals surface area contributed by atoms with Crippen molar-refractivity contribution < 1.29 is 39.0 Å². The van der Waals surface area contributed by atoms with E-state index < -0.39 is 66.2 Å². The van der Waals surface area contributed by atoms with Crippen molar-refractivity contribution in [2.75, 3.05) is 0 Å². The highest BCUT2D eigenvalue weighted by Gasteiger charge is 2.31. The minimum absolute atomic E-state index is 0.0574. The second-order valence-electron chi connectivity index (χ2n) is 9.45. The maximum atomic E-state index is 13.2. The molecule has 0 fully saturated rings. The lowest BCUT2D eigenvalue weighted by atomic mass is 10.0. The average Bonchev–Trinajstić information content (AvgIpc) is 2.93. The summed E-state index contributed by atoms with van der Waals surface area (Å²) in [6.45, 7) is 0. The molecule has 0 aliphatic heterocycles. The molecule has 4 unspecified atom stereocenters. The van der Waals surface area contributed by atoms with Gasteiger partial charge in [0.15, 0.2) is 0 Å². The lowest BCUT2D eigenvalue weighted by molar-refractivity contribution is -0.143. The smallest absolute Gasteiger partial charge is 0.326 e. The van der Waals surface area contributed by atoms with Crippen LogP contribution in [0.5, 0.6) is 0 Å². The molecule has 0 saturated heterocycles. The molecule has 0 bridgehead atoms. The standard InChI is InChI=1S/C28H35N5O8/c29-19(15-17-7-3-1-4-8-17)25(37)31-20(11-13-23(30)34)26(38)32-21(12-14-24(35)36)27(39)33-22(28(40)41)16-18-9-5-2-6-10-18/h1-10,19-22H,11-16,29H2,(H2,30,34)(H,31,37)(H,32,38)(H,33,39)(H,35,36)(H,40,41). The first kappa shape index (κ1) is 32.4. The fourth-order valence-corrected chi connectivity index (χ4v) is 3.93. The van der Waals surface area contributed by atoms with Crippen LogP contribution in [0.4, 0.5) is 0 Å². The molecule has 13 nitrogen and oxygen atoms in total. The number of nitrogens with two attached hydrogens (primary N) is 2. The minimum Gasteiger partial charge on any atom is -0.481 e. The van der Waals surface area contributed by atoms with Gasteiger partial charge in [0.2, 0.25) is 23.6 Å². The Labute approximate surface area is 236 Å². The van der Waals surface area contributed by atoms with Gasteiger partial charge in [-0.25, -0.2) is 4.79 Å². The highest BCUT2D eigenvalue weighted by Crippen LogP contribution is 2.08. The predicted molar refractivity (Wildman–Crippen MR) is 147 cm³/mol. The van der Waals surface area contributed by atoms with Gasteiger partial charge in [-0.1, -0.05) is 60.7 Å². The molecule has 0 heterocycles. The van der Waals surface area contributed by atoms with Crippen molar-refractivity contribution in [3.8, 4) is 0 Å². The molecule has 0 aromatic heterocycles. The molecule has 4 atom stereocenters. The van der Waals surface area contributed by atoms with Crippen LogP contribution in [0, 0.1) is 0 Å². The molecule has 2 aromatic rings. The van der Waals surface area contributed by atoms with E-state index in [-0.39, 0.29) is 32.1 Å². The zero-order valence-electron chi connectivity index (χ0n) is 22.3. The van der Waals surface area contributed by atoms with Crippen molar-refractivity contribution in [3.63, 3.8) is 0 Å². The molecule has 9 N–H and O–H groups in total. The quantitative estimate of drug-likeness (QED) is 0.130. The number of carboxylic acid groups (broad SMARTS) is 2. The molecular formula is C28H35N5O8. The summed E-state index contributed by atoms with van der Waals surface area (Å²) in [7, 11) is 0. The number of primary amides is 1. The van der Waals surface area contributed by atoms with Crippen LogP contribution in [0.3, 0.4) is 0 Å². The fraction of sp³-hybridized carbons (Fsp3) is 0.357. The first-order valence-corrected chi connectivity index (χ1v) is 12.9. The fourth-order valence-electron chi connectivity index (χ4n) is 3.93. The van der Waals surface area contributed by atoms with E-state index in [0.29, 0.717) is 5.56 Å². The Balaban J connectivity index is 2.16. The third-order valence-corrected chi connectivity index (χ3v) is 6.12. The lowest BCUT2D eigenvalue weighted by Gasteiger charge is -2.25. The normalized spacial score (nSPS) is 13.6. The van der Waals surface area contributed by atoms with Gasteiger partial charge in [-0.3, -0.25) is 24.0 Å². The number of carboxylic acids is 2. The lowest BCUT2D eigenvalue weighted by Crippen LogP contribution is -2.57. The number of rotatable bonds is 17. The second kappa shape index (κ2) is 16.4. The van der Waals surface area contributed by atoms with Gasteiger partial charge in [0, 0.05) is 19.3 Å². The second-order valence-corrected chi connectivity index (χ2v) is 9.45. The van der Waals surface area contributed by atoms with Crippen molar-refractivity contribution in [3.05, 3.63) is 71.8 Å². The van der Waals surface area contributed by atoms with Crippen molar-refractivity contribution in [2.24, 2.45) is 11.5 Å². The van der Waals surface area contributed by atoms with Crippen LogP contribution in [-0.4, -0.2) is 69.9 Å². The Morgan fingerprint density at radius 1 is 0.634 bits per heavy atom. The summed E-state index contributed by atoms with van der Waals surface area (Å²) < 4.78 is 0. The summed E-state index contributed by atoms with van der Waals surface area (Å²) >= 11 is 0. The average molecular weight is 570 g/mol. The summed E-state index contributed by atoms with van der Waals surface area (Å²) in [4.78, 5) is 73.4. The van der Waals surface area contributed by atoms with Crippen LogP contribution < -0.4 is 27.4 Å². The van der Waals surface area contributed by atoms with Crippen molar-refractivity contribution in [1.29, 1.82) is 0 Å². The Morgan fingerprint density at radius 2 is 1.07 bits per heavy atom. The van der Waals surface area contributed by atoms with Crippen LogP contribution in [0.25, 0.3) is 0 Å². The number of hydrogen-bond donors (Lipinski definition) is 7. The van der Waals surface area contributed by atoms with Gasteiger partial charge in [0.05, 0.1) is 6.04 Å². The molecule has 0 spiro atoms. The summed E-state index contributed by atoms with van der Waals surface area (Å²) in [6.07, 6.45) is -1.28. The van der Waals surface area contributed by atoms with Gasteiger partial charge in [0.25, 0.3) is 0 Å². The van der Waals surface area contributed by atoms with E-state index in [2.05, 4.69) is 16.0 Å². The summed E-state index contributed by atoms with van der Waals surface area (Å²) in [5, 5.41) is 26.0. The van der Waals surface area contributed by atoms with Gasteiger partial charge >= 0.3 is 11.9 Å². The van der Waals surface area contributed by atoms with E-state index >= 15 is 0 Å². The Bertz CT molecular complexity index is 1210. The van der Waals surface area contributed by atoms with Crippen LogP contribution >= 0.6 is 0 Å². The molecule has 220 valence electrons. The number of amides is 4. The van der Waals surface area contributed by atoms with Gasteiger partial charge in [0.1, 0.15) is 18.1 Å². The number of carbonyl (C=O) groups excluding carboxylic acids is 4.